The van der Waals surface area contributed by atoms with Crippen molar-refractivity contribution >= 4 is 0 Å². The maximum Gasteiger partial charge on any atom is 0.105 e. The largest absolute Gasteiger partial charge is 0.379 e. The summed E-state index contributed by atoms with van der Waals surface area (Å²) in [7, 11) is 0. The average molecular weight is 174 g/mol. The highest BCUT2D eigenvalue weighted by Crippen LogP contribution is 2.30. The number of hydrogen-bond acceptors (Lipinski definition) is 4. The first-order valence-electron chi connectivity index (χ1n) is 4.48. The van der Waals surface area contributed by atoms with E-state index in [0.717, 1.165) is 25.7 Å². The second kappa shape index (κ2) is 4.18. The third-order valence-corrected chi connectivity index (χ3v) is 2.72. The van der Waals surface area contributed by atoms with Gasteiger partial charge in [-0.15, -0.1) is 0 Å². The van der Waals surface area contributed by atoms with E-state index in [1.807, 2.05) is 0 Å². The van der Waals surface area contributed by atoms with Gasteiger partial charge in [0.2, 0.25) is 0 Å². The Morgan fingerprint density at radius 3 is 1.75 bits per heavy atom. The molecule has 0 aromatic rings. The van der Waals surface area contributed by atoms with Crippen LogP contribution in [0.3, 0.4) is 0 Å². The van der Waals surface area contributed by atoms with Crippen LogP contribution < -0.4 is 11.5 Å². The molecule has 0 radical (unpaired) electrons. The summed E-state index contributed by atoms with van der Waals surface area (Å²) < 4.78 is 0. The Kier molecular flexibility index (Phi) is 3.46. The van der Waals surface area contributed by atoms with Gasteiger partial charge in [-0.25, -0.2) is 0 Å². The minimum Gasteiger partial charge on any atom is -0.379 e. The predicted molar refractivity (Wildman–Crippen MR) is 45.8 cm³/mol. The number of hydrogen-bond donors (Lipinski definition) is 4. The molecule has 1 fully saturated rings. The fourth-order valence-corrected chi connectivity index (χ4v) is 1.89. The molecule has 0 bridgehead atoms. The van der Waals surface area contributed by atoms with E-state index in [1.54, 1.807) is 0 Å². The fourth-order valence-electron chi connectivity index (χ4n) is 1.89. The molecule has 0 amide bonds. The summed E-state index contributed by atoms with van der Waals surface area (Å²) in [6.07, 6.45) is 2.12. The van der Waals surface area contributed by atoms with E-state index in [-0.39, 0.29) is 11.8 Å². The molecular formula is C8H18N2O2. The minimum absolute atomic E-state index is 0.113. The van der Waals surface area contributed by atoms with E-state index in [9.17, 15) is 0 Å². The van der Waals surface area contributed by atoms with Crippen LogP contribution in [0.25, 0.3) is 0 Å². The zero-order valence-electron chi connectivity index (χ0n) is 7.19. The van der Waals surface area contributed by atoms with Crippen molar-refractivity contribution in [1.29, 1.82) is 0 Å². The topological polar surface area (TPSA) is 92.5 Å². The lowest BCUT2D eigenvalue weighted by molar-refractivity contribution is 0.0284. The highest BCUT2D eigenvalue weighted by molar-refractivity contribution is 4.77. The zero-order valence-corrected chi connectivity index (χ0v) is 7.19. The summed E-state index contributed by atoms with van der Waals surface area (Å²) in [4.78, 5) is 0. The highest BCUT2D eigenvalue weighted by Gasteiger charge is 2.28. The zero-order chi connectivity index (χ0) is 9.14. The predicted octanol–water partition coefficient (Wildman–Crippen LogP) is -0.653. The first-order chi connectivity index (χ1) is 5.61. The number of aliphatic hydroxyl groups is 2. The standard InChI is InChI=1S/C8H18N2O2/c9-7(11)5-2-1-3-6(4-5)8(10)12/h5-8,11-12H,1-4,9-10H2. The smallest absolute Gasteiger partial charge is 0.105 e. The summed E-state index contributed by atoms with van der Waals surface area (Å²) in [5.74, 6) is 0.226. The molecule has 6 N–H and O–H groups in total. The molecule has 1 rings (SSSR count). The van der Waals surface area contributed by atoms with Gasteiger partial charge in [-0.3, -0.25) is 0 Å². The van der Waals surface area contributed by atoms with E-state index in [0.29, 0.717) is 0 Å². The Balaban J connectivity index is 2.40. The van der Waals surface area contributed by atoms with Crippen molar-refractivity contribution in [1.82, 2.24) is 0 Å². The SMILES string of the molecule is NC(O)C1CCCC(C(N)O)C1. The lowest BCUT2D eigenvalue weighted by Crippen LogP contribution is -2.39. The van der Waals surface area contributed by atoms with Gasteiger partial charge < -0.3 is 21.7 Å². The molecule has 0 heterocycles. The van der Waals surface area contributed by atoms with Gasteiger partial charge in [-0.2, -0.15) is 0 Å². The molecule has 0 saturated heterocycles. The molecule has 0 aliphatic heterocycles. The van der Waals surface area contributed by atoms with Gasteiger partial charge in [0.1, 0.15) is 12.5 Å². The van der Waals surface area contributed by atoms with Crippen molar-refractivity contribution in [2.24, 2.45) is 23.3 Å². The third-order valence-electron chi connectivity index (χ3n) is 2.72. The van der Waals surface area contributed by atoms with Gasteiger partial charge in [0.15, 0.2) is 0 Å². The Morgan fingerprint density at radius 2 is 1.42 bits per heavy atom. The van der Waals surface area contributed by atoms with Crippen molar-refractivity contribution in [3.05, 3.63) is 0 Å². The second-order valence-corrected chi connectivity index (χ2v) is 3.67. The van der Waals surface area contributed by atoms with E-state index >= 15 is 0 Å². The summed E-state index contributed by atoms with van der Waals surface area (Å²) in [6.45, 7) is 0. The second-order valence-electron chi connectivity index (χ2n) is 3.67. The van der Waals surface area contributed by atoms with Crippen molar-refractivity contribution in [2.75, 3.05) is 0 Å². The van der Waals surface area contributed by atoms with E-state index < -0.39 is 12.5 Å². The lowest BCUT2D eigenvalue weighted by Gasteiger charge is -2.31. The quantitative estimate of drug-likeness (QED) is 0.418. The molecule has 1 saturated carbocycles. The van der Waals surface area contributed by atoms with Crippen LogP contribution in [0.15, 0.2) is 0 Å². The first kappa shape index (κ1) is 9.92. The molecule has 4 nitrogen and oxygen atoms in total. The molecule has 0 spiro atoms. The maximum absolute atomic E-state index is 9.13. The summed E-state index contributed by atoms with van der Waals surface area (Å²) >= 11 is 0. The van der Waals surface area contributed by atoms with Gasteiger partial charge in [0, 0.05) is 0 Å². The fraction of sp³-hybridized carbons (Fsp3) is 1.00. The number of rotatable bonds is 2. The molecule has 12 heavy (non-hydrogen) atoms. The molecule has 4 unspecified atom stereocenters. The van der Waals surface area contributed by atoms with Gasteiger partial charge in [0.25, 0.3) is 0 Å². The lowest BCUT2D eigenvalue weighted by atomic mass is 9.80. The van der Waals surface area contributed by atoms with Crippen LogP contribution in [0.2, 0.25) is 0 Å². The molecule has 0 aromatic heterocycles. The van der Waals surface area contributed by atoms with Crippen LogP contribution in [0.1, 0.15) is 25.7 Å². The third kappa shape index (κ3) is 2.42. The highest BCUT2D eigenvalue weighted by atomic mass is 16.3. The first-order valence-corrected chi connectivity index (χ1v) is 4.48. The van der Waals surface area contributed by atoms with Crippen LogP contribution in [0.4, 0.5) is 0 Å². The summed E-state index contributed by atoms with van der Waals surface area (Å²) in [5, 5.41) is 18.3. The van der Waals surface area contributed by atoms with Crippen LogP contribution >= 0.6 is 0 Å². The van der Waals surface area contributed by atoms with Gasteiger partial charge in [0.05, 0.1) is 0 Å². The Labute approximate surface area is 72.6 Å². The van der Waals surface area contributed by atoms with Crippen LogP contribution in [-0.2, 0) is 0 Å². The van der Waals surface area contributed by atoms with E-state index in [4.69, 9.17) is 21.7 Å². The molecule has 4 heteroatoms. The summed E-state index contributed by atoms with van der Waals surface area (Å²) in [6, 6.07) is 0. The Bertz CT molecular complexity index is 125. The summed E-state index contributed by atoms with van der Waals surface area (Å²) in [5.41, 5.74) is 10.7. The van der Waals surface area contributed by atoms with Crippen molar-refractivity contribution in [2.45, 2.75) is 38.1 Å². The van der Waals surface area contributed by atoms with Gasteiger partial charge >= 0.3 is 0 Å². The normalized spacial score (nSPS) is 36.0. The number of aliphatic hydroxyl groups excluding tert-OH is 2. The monoisotopic (exact) mass is 174 g/mol. The van der Waals surface area contributed by atoms with Crippen LogP contribution in [-0.4, -0.2) is 22.7 Å². The van der Waals surface area contributed by atoms with Crippen molar-refractivity contribution in [3.63, 3.8) is 0 Å². The molecule has 1 aliphatic carbocycles. The van der Waals surface area contributed by atoms with Crippen molar-refractivity contribution in [3.8, 4) is 0 Å². The van der Waals surface area contributed by atoms with Crippen LogP contribution in [0.5, 0.6) is 0 Å². The average Bonchev–Trinajstić information content (AvgIpc) is 2.04. The molecule has 72 valence electrons. The van der Waals surface area contributed by atoms with Gasteiger partial charge in [-0.05, 0) is 31.1 Å². The Morgan fingerprint density at radius 1 is 1.00 bits per heavy atom. The van der Waals surface area contributed by atoms with Crippen molar-refractivity contribution < 1.29 is 10.2 Å². The molecule has 4 atom stereocenters. The molecule has 1 aliphatic rings. The molecule has 0 aromatic carbocycles. The van der Waals surface area contributed by atoms with E-state index in [1.165, 1.54) is 0 Å². The Hall–Kier alpha value is -0.160. The maximum atomic E-state index is 9.13. The number of nitrogens with two attached hydrogens (primary N) is 2. The molecular weight excluding hydrogens is 156 g/mol. The van der Waals surface area contributed by atoms with E-state index in [2.05, 4.69) is 0 Å². The minimum atomic E-state index is -0.758. The van der Waals surface area contributed by atoms with Gasteiger partial charge in [-0.1, -0.05) is 6.42 Å². The van der Waals surface area contributed by atoms with Crippen LogP contribution in [0, 0.1) is 11.8 Å².